The lowest BCUT2D eigenvalue weighted by atomic mass is 9.79. The molecule has 5 nitrogen and oxygen atoms in total. The maximum Gasteiger partial charge on any atom is 0.303 e. The van der Waals surface area contributed by atoms with Crippen LogP contribution in [0.1, 0.15) is 81.9 Å². The fourth-order valence-corrected chi connectivity index (χ4v) is 5.54. The number of halogens is 2. The Morgan fingerprint density at radius 3 is 2.58 bits per heavy atom. The number of benzene rings is 2. The van der Waals surface area contributed by atoms with E-state index in [2.05, 4.69) is 25.8 Å². The average molecular weight is 552 g/mol. The Hall–Kier alpha value is -3.48. The van der Waals surface area contributed by atoms with Crippen molar-refractivity contribution in [3.05, 3.63) is 77.0 Å². The van der Waals surface area contributed by atoms with Crippen molar-refractivity contribution in [3.8, 4) is 22.8 Å². The van der Waals surface area contributed by atoms with E-state index in [-0.39, 0.29) is 24.4 Å². The normalized spacial score (nSPS) is 14.2. The van der Waals surface area contributed by atoms with Crippen LogP contribution in [0, 0.1) is 23.0 Å². The highest BCUT2D eigenvalue weighted by atomic mass is 19.1. The summed E-state index contributed by atoms with van der Waals surface area (Å²) in [5, 5.41) is 9.40. The minimum Gasteiger partial charge on any atom is -0.489 e. The zero-order valence-corrected chi connectivity index (χ0v) is 23.8. The third-order valence-electron chi connectivity index (χ3n) is 7.60. The first-order chi connectivity index (χ1) is 19.1. The summed E-state index contributed by atoms with van der Waals surface area (Å²) in [6.07, 6.45) is 6.85. The molecule has 0 bridgehead atoms. The van der Waals surface area contributed by atoms with Crippen molar-refractivity contribution in [2.75, 3.05) is 7.11 Å². The molecule has 0 aliphatic heterocycles. The third kappa shape index (κ3) is 8.03. The zero-order valence-electron chi connectivity index (χ0n) is 23.8. The van der Waals surface area contributed by atoms with E-state index in [1.165, 1.54) is 25.4 Å². The van der Waals surface area contributed by atoms with Crippen LogP contribution < -0.4 is 9.47 Å². The number of ether oxygens (including phenoxy) is 2. The molecule has 1 fully saturated rings. The van der Waals surface area contributed by atoms with Gasteiger partial charge in [0.25, 0.3) is 0 Å². The van der Waals surface area contributed by atoms with E-state index < -0.39 is 17.6 Å². The number of carbonyl (C=O) groups is 1. The van der Waals surface area contributed by atoms with Crippen LogP contribution in [0.4, 0.5) is 8.78 Å². The van der Waals surface area contributed by atoms with Gasteiger partial charge in [0.15, 0.2) is 0 Å². The van der Waals surface area contributed by atoms with Crippen molar-refractivity contribution in [3.63, 3.8) is 0 Å². The number of rotatable bonds is 14. The van der Waals surface area contributed by atoms with Gasteiger partial charge in [0.05, 0.1) is 19.7 Å². The molecule has 2 aromatic carbocycles. The number of methoxy groups -OCH3 is 1. The molecule has 1 aliphatic carbocycles. The number of aromatic nitrogens is 1. The Morgan fingerprint density at radius 1 is 1.12 bits per heavy atom. The Morgan fingerprint density at radius 2 is 1.90 bits per heavy atom. The van der Waals surface area contributed by atoms with Gasteiger partial charge in [-0.15, -0.1) is 0 Å². The summed E-state index contributed by atoms with van der Waals surface area (Å²) < 4.78 is 40.8. The highest BCUT2D eigenvalue weighted by Gasteiger charge is 2.28. The predicted octanol–water partition coefficient (Wildman–Crippen LogP) is 8.34. The first-order valence-corrected chi connectivity index (χ1v) is 14.0. The second kappa shape index (κ2) is 12.8. The van der Waals surface area contributed by atoms with E-state index in [1.807, 2.05) is 18.2 Å². The van der Waals surface area contributed by atoms with Gasteiger partial charge in [0, 0.05) is 17.7 Å². The molecule has 1 aromatic heterocycles. The molecule has 7 heteroatoms. The van der Waals surface area contributed by atoms with Crippen LogP contribution in [0.2, 0.25) is 0 Å². The standard InChI is InChI=1S/C33H39F2NO4/c1-5-10-33(2,3)18-25-12-22(8-9-28(25)29-17-31(39-4)36-19-30(29)35)20-40-27-14-24(13-26(34)16-27)23(15-32(37)38)11-21-6-7-21/h8-9,12-14,16-17,19,21,23H,5-7,10-11,15,18,20H2,1-4H3,(H,37,38). The lowest BCUT2D eigenvalue weighted by Gasteiger charge is -2.26. The van der Waals surface area contributed by atoms with Crippen LogP contribution in [-0.4, -0.2) is 23.2 Å². The third-order valence-corrected chi connectivity index (χ3v) is 7.60. The molecular weight excluding hydrogens is 512 g/mol. The average Bonchev–Trinajstić information content (AvgIpc) is 3.71. The number of aliphatic carboxylic acids is 1. The van der Waals surface area contributed by atoms with Crippen LogP contribution in [0.15, 0.2) is 48.7 Å². The van der Waals surface area contributed by atoms with Crippen LogP contribution in [-0.2, 0) is 17.8 Å². The summed E-state index contributed by atoms with van der Waals surface area (Å²) in [6, 6.07) is 11.9. The predicted molar refractivity (Wildman–Crippen MR) is 152 cm³/mol. The molecule has 3 aromatic rings. The molecule has 1 aliphatic rings. The van der Waals surface area contributed by atoms with Crippen LogP contribution in [0.5, 0.6) is 11.6 Å². The van der Waals surface area contributed by atoms with Crippen molar-refractivity contribution in [1.29, 1.82) is 0 Å². The Bertz CT molecular complexity index is 1340. The number of hydrogen-bond donors (Lipinski definition) is 1. The fraction of sp³-hybridized carbons (Fsp3) is 0.455. The molecule has 1 unspecified atom stereocenters. The minimum atomic E-state index is -0.890. The summed E-state index contributed by atoms with van der Waals surface area (Å²) >= 11 is 0. The van der Waals surface area contributed by atoms with Gasteiger partial charge in [0.1, 0.15) is 24.0 Å². The van der Waals surface area contributed by atoms with Crippen molar-refractivity contribution in [1.82, 2.24) is 4.98 Å². The maximum atomic E-state index is 14.9. The summed E-state index contributed by atoms with van der Waals surface area (Å²) in [7, 11) is 1.50. The highest BCUT2D eigenvalue weighted by molar-refractivity contribution is 5.69. The number of hydrogen-bond acceptors (Lipinski definition) is 4. The zero-order chi connectivity index (χ0) is 28.9. The maximum absolute atomic E-state index is 14.9. The number of pyridine rings is 1. The second-order valence-electron chi connectivity index (χ2n) is 11.8. The Kier molecular flexibility index (Phi) is 9.44. The number of carboxylic acids is 1. The Balaban J connectivity index is 1.61. The minimum absolute atomic E-state index is 0.00521. The van der Waals surface area contributed by atoms with Gasteiger partial charge >= 0.3 is 5.97 Å². The first kappa shape index (κ1) is 29.5. The molecule has 1 heterocycles. The molecule has 40 heavy (non-hydrogen) atoms. The van der Waals surface area contributed by atoms with E-state index in [9.17, 15) is 18.7 Å². The number of nitrogens with zero attached hydrogens (tertiary/aromatic N) is 1. The molecule has 1 atom stereocenters. The second-order valence-corrected chi connectivity index (χ2v) is 11.8. The van der Waals surface area contributed by atoms with Gasteiger partial charge in [-0.1, -0.05) is 58.2 Å². The molecule has 0 radical (unpaired) electrons. The smallest absolute Gasteiger partial charge is 0.303 e. The van der Waals surface area contributed by atoms with Gasteiger partial charge in [-0.2, -0.15) is 0 Å². The van der Waals surface area contributed by atoms with Crippen LogP contribution in [0.25, 0.3) is 11.1 Å². The molecule has 4 rings (SSSR count). The molecule has 0 spiro atoms. The molecule has 1 N–H and O–H groups in total. The van der Waals surface area contributed by atoms with Crippen molar-refractivity contribution < 1.29 is 28.2 Å². The number of carboxylic acid groups (broad SMARTS) is 1. The molecular formula is C33H39F2NO4. The van der Waals surface area contributed by atoms with E-state index in [0.29, 0.717) is 28.7 Å². The lowest BCUT2D eigenvalue weighted by molar-refractivity contribution is -0.137. The summed E-state index contributed by atoms with van der Waals surface area (Å²) in [6.45, 7) is 6.75. The summed E-state index contributed by atoms with van der Waals surface area (Å²) in [5.41, 5.74) is 3.71. The van der Waals surface area contributed by atoms with Gasteiger partial charge < -0.3 is 14.6 Å². The van der Waals surface area contributed by atoms with E-state index >= 15 is 0 Å². The summed E-state index contributed by atoms with van der Waals surface area (Å²) in [5.74, 6) is -0.792. The van der Waals surface area contributed by atoms with Gasteiger partial charge in [-0.25, -0.2) is 13.8 Å². The fourth-order valence-electron chi connectivity index (χ4n) is 5.54. The van der Waals surface area contributed by atoms with Gasteiger partial charge in [-0.05, 0) is 70.9 Å². The monoisotopic (exact) mass is 551 g/mol. The van der Waals surface area contributed by atoms with Crippen molar-refractivity contribution in [2.45, 2.75) is 78.2 Å². The molecule has 0 saturated heterocycles. The van der Waals surface area contributed by atoms with Crippen LogP contribution in [0.3, 0.4) is 0 Å². The lowest BCUT2D eigenvalue weighted by Crippen LogP contribution is -2.15. The van der Waals surface area contributed by atoms with E-state index in [0.717, 1.165) is 55.2 Å². The molecule has 1 saturated carbocycles. The van der Waals surface area contributed by atoms with E-state index in [1.54, 1.807) is 12.1 Å². The van der Waals surface area contributed by atoms with Gasteiger partial charge in [0.2, 0.25) is 5.88 Å². The van der Waals surface area contributed by atoms with Crippen molar-refractivity contribution in [2.24, 2.45) is 11.3 Å². The SMILES string of the molecule is CCCC(C)(C)Cc1cc(COc2cc(F)cc(C(CC(=O)O)CC3CC3)c2)ccc1-c1cc(OC)ncc1F. The largest absolute Gasteiger partial charge is 0.489 e. The van der Waals surface area contributed by atoms with Crippen molar-refractivity contribution >= 4 is 5.97 Å². The quantitative estimate of drug-likeness (QED) is 0.218. The van der Waals surface area contributed by atoms with E-state index in [4.69, 9.17) is 9.47 Å². The highest BCUT2D eigenvalue weighted by Crippen LogP contribution is 2.41. The van der Waals surface area contributed by atoms with Crippen LogP contribution >= 0.6 is 0 Å². The summed E-state index contributed by atoms with van der Waals surface area (Å²) in [4.78, 5) is 15.4. The first-order valence-electron chi connectivity index (χ1n) is 14.0. The molecule has 0 amide bonds. The topological polar surface area (TPSA) is 68.7 Å². The molecule has 214 valence electrons. The van der Waals surface area contributed by atoms with Gasteiger partial charge in [-0.3, -0.25) is 4.79 Å². The Labute approximate surface area is 235 Å².